The maximum atomic E-state index is 13.1. The van der Waals surface area contributed by atoms with Crippen molar-refractivity contribution in [3.63, 3.8) is 0 Å². The van der Waals surface area contributed by atoms with Crippen LogP contribution >= 0.6 is 0 Å². The van der Waals surface area contributed by atoms with Gasteiger partial charge in [0.1, 0.15) is 11.8 Å². The van der Waals surface area contributed by atoms with Gasteiger partial charge in [0.2, 0.25) is 0 Å². The molecule has 4 aromatic heterocycles. The molecule has 0 unspecified atom stereocenters. The summed E-state index contributed by atoms with van der Waals surface area (Å²) in [5, 5.41) is 32.5. The van der Waals surface area contributed by atoms with Crippen LogP contribution in [0.15, 0.2) is 134 Å². The number of benzene rings is 4. The van der Waals surface area contributed by atoms with Gasteiger partial charge in [0.15, 0.2) is 28.7 Å². The lowest BCUT2D eigenvalue weighted by Gasteiger charge is -2.20. The minimum absolute atomic E-state index is 0.107. The molecule has 0 aliphatic heterocycles. The number of rotatable bonds is 15. The fourth-order valence-corrected chi connectivity index (χ4v) is 7.30. The molecule has 0 aliphatic rings. The number of fused-ring (bicyclic) bond motifs is 2. The molecule has 75 heavy (non-hydrogen) atoms. The molecule has 0 bridgehead atoms. The van der Waals surface area contributed by atoms with Crippen molar-refractivity contribution in [2.45, 2.75) is 47.0 Å². The van der Waals surface area contributed by atoms with Crippen LogP contribution in [0.5, 0.6) is 5.75 Å². The SMILES string of the molecule is CC(=O)CNC(=O)c1cccn2c(-c3ccc(NC(=O)Nc4ccccc4OC(F)(F)F)cc3)nnc12.CCOC(=O)[C@@H](NC(=O)c1cccn2c(-c3ccc(NC(=O)Nc4ccccc4C)cc3)nnc12)C(C)C. The second-order valence-corrected chi connectivity index (χ2v) is 16.8. The second kappa shape index (κ2) is 23.7. The quantitative estimate of drug-likeness (QED) is 0.0527. The van der Waals surface area contributed by atoms with E-state index in [2.05, 4.69) is 57.0 Å². The van der Waals surface area contributed by atoms with Crippen molar-refractivity contribution in [3.05, 3.63) is 150 Å². The number of Topliss-reactive ketones (excluding diaryl/α,β-unsaturated/α-hetero) is 1. The predicted octanol–water partition coefficient (Wildman–Crippen LogP) is 8.92. The van der Waals surface area contributed by atoms with E-state index in [4.69, 9.17) is 4.74 Å². The number of nitrogens with zero attached hydrogens (tertiary/aromatic N) is 6. The van der Waals surface area contributed by atoms with Gasteiger partial charge in [-0.2, -0.15) is 0 Å². The predicted molar refractivity (Wildman–Crippen MR) is 272 cm³/mol. The van der Waals surface area contributed by atoms with Crippen molar-refractivity contribution < 1.29 is 51.4 Å². The molecule has 386 valence electrons. The minimum Gasteiger partial charge on any atom is -0.464 e. The number of aromatic nitrogens is 6. The van der Waals surface area contributed by atoms with Crippen LogP contribution in [0.4, 0.5) is 45.5 Å². The molecule has 6 N–H and O–H groups in total. The number of alkyl halides is 3. The monoisotopic (exact) mass is 1030 g/mol. The summed E-state index contributed by atoms with van der Waals surface area (Å²) < 4.78 is 50.1. The number of carbonyl (C=O) groups excluding carboxylic acids is 6. The number of aryl methyl sites for hydroxylation is 1. The van der Waals surface area contributed by atoms with Crippen LogP contribution < -0.4 is 36.6 Å². The number of carbonyl (C=O) groups is 6. The molecule has 0 spiro atoms. The van der Waals surface area contributed by atoms with Gasteiger partial charge in [0.05, 0.1) is 30.0 Å². The molecule has 6 amide bonds. The Morgan fingerprint density at radius 1 is 0.613 bits per heavy atom. The van der Waals surface area contributed by atoms with Crippen molar-refractivity contribution >= 4 is 69.7 Å². The number of halogens is 3. The first-order chi connectivity index (χ1) is 35.9. The van der Waals surface area contributed by atoms with Gasteiger partial charge in [-0.15, -0.1) is 33.6 Å². The fraction of sp³-hybridized carbons (Fsp3) is 0.192. The number of urea groups is 2. The Morgan fingerprint density at radius 3 is 1.60 bits per heavy atom. The number of nitrogens with one attached hydrogen (secondary N) is 6. The van der Waals surface area contributed by atoms with E-state index >= 15 is 0 Å². The minimum atomic E-state index is -4.91. The second-order valence-electron chi connectivity index (χ2n) is 16.8. The van der Waals surface area contributed by atoms with Gasteiger partial charge >= 0.3 is 24.4 Å². The molecule has 4 aromatic carbocycles. The molecule has 8 aromatic rings. The summed E-state index contributed by atoms with van der Waals surface area (Å²) in [6.45, 7) is 8.80. The summed E-state index contributed by atoms with van der Waals surface area (Å²) in [7, 11) is 0. The highest BCUT2D eigenvalue weighted by molar-refractivity contribution is 6.03. The molecule has 20 nitrogen and oxygen atoms in total. The standard InChI is InChI=1S/C28H30N6O4.C24H19F3N6O4/c1-5-38-27(36)23(17(2)3)31-26(35)21-10-8-16-34-24(32-33-25(21)34)19-12-14-20(15-13-19)29-28(37)30-22-11-7-6-9-18(22)4;1-14(34)13-28-22(35)17-5-4-12-33-20(31-32-21(17)33)15-8-10-16(11-9-15)29-23(36)30-18-6-2-3-7-19(18)37-24(25,26)27/h6-17,23H,5H2,1-4H3,(H,31,35)(H2,29,30,37);2-12H,13H2,1H3,(H,28,35)(H2,29,30,36)/t23-;/m0./s1. The molecule has 0 saturated carbocycles. The van der Waals surface area contributed by atoms with Crippen molar-refractivity contribution in [1.82, 2.24) is 39.8 Å². The molecule has 8 rings (SSSR count). The molecule has 0 fully saturated rings. The number of para-hydroxylation sites is 3. The molecule has 0 radical (unpaired) electrons. The normalized spacial score (nSPS) is 11.4. The average Bonchev–Trinajstić information content (AvgIpc) is 4.02. The zero-order chi connectivity index (χ0) is 53.8. The van der Waals surface area contributed by atoms with Crippen LogP contribution in [0.3, 0.4) is 0 Å². The first kappa shape index (κ1) is 53.1. The van der Waals surface area contributed by atoms with Crippen molar-refractivity contribution in [2.24, 2.45) is 5.92 Å². The van der Waals surface area contributed by atoms with Gasteiger partial charge in [-0.05, 0) is 123 Å². The van der Waals surface area contributed by atoms with E-state index in [-0.39, 0.29) is 47.7 Å². The maximum Gasteiger partial charge on any atom is 0.573 e. The van der Waals surface area contributed by atoms with Gasteiger partial charge in [0, 0.05) is 40.6 Å². The molecular formula is C52H49F3N12O8. The van der Waals surface area contributed by atoms with E-state index in [9.17, 15) is 41.9 Å². The summed E-state index contributed by atoms with van der Waals surface area (Å²) in [5.41, 5.74) is 5.03. The fourth-order valence-electron chi connectivity index (χ4n) is 7.30. The van der Waals surface area contributed by atoms with E-state index < -0.39 is 42.0 Å². The summed E-state index contributed by atoms with van der Waals surface area (Å²) in [6, 6.07) is 30.9. The van der Waals surface area contributed by atoms with Crippen molar-refractivity contribution in [3.8, 4) is 28.5 Å². The Labute approximate surface area is 426 Å². The van der Waals surface area contributed by atoms with Gasteiger partial charge < -0.3 is 41.4 Å². The lowest BCUT2D eigenvalue weighted by Crippen LogP contribution is -2.45. The van der Waals surface area contributed by atoms with Gasteiger partial charge in [-0.25, -0.2) is 14.4 Å². The maximum absolute atomic E-state index is 13.1. The Bertz CT molecular complexity index is 3380. The van der Waals surface area contributed by atoms with E-state index in [1.807, 2.05) is 57.2 Å². The van der Waals surface area contributed by atoms with E-state index in [1.165, 1.54) is 25.1 Å². The number of pyridine rings is 2. The summed E-state index contributed by atoms with van der Waals surface area (Å²) >= 11 is 0. The average molecular weight is 1030 g/mol. The molecular weight excluding hydrogens is 978 g/mol. The zero-order valence-corrected chi connectivity index (χ0v) is 40.9. The lowest BCUT2D eigenvalue weighted by molar-refractivity contribution is -0.274. The summed E-state index contributed by atoms with van der Waals surface area (Å²) in [6.07, 6.45) is -1.48. The summed E-state index contributed by atoms with van der Waals surface area (Å²) in [4.78, 5) is 73.7. The largest absolute Gasteiger partial charge is 0.573 e. The Morgan fingerprint density at radius 2 is 1.11 bits per heavy atom. The van der Waals surface area contributed by atoms with Crippen LogP contribution in [0.1, 0.15) is 54.0 Å². The van der Waals surface area contributed by atoms with Crippen molar-refractivity contribution in [2.75, 3.05) is 34.4 Å². The van der Waals surface area contributed by atoms with Crippen LogP contribution in [-0.2, 0) is 14.3 Å². The van der Waals surface area contributed by atoms with Gasteiger partial charge in [0.25, 0.3) is 11.8 Å². The number of hydrogen-bond acceptors (Lipinski definition) is 12. The molecule has 23 heteroatoms. The van der Waals surface area contributed by atoms with Crippen LogP contribution in [0.25, 0.3) is 34.1 Å². The number of hydrogen-bond donors (Lipinski definition) is 6. The highest BCUT2D eigenvalue weighted by Crippen LogP contribution is 2.31. The third-order valence-corrected chi connectivity index (χ3v) is 10.9. The first-order valence-corrected chi connectivity index (χ1v) is 23.1. The summed E-state index contributed by atoms with van der Waals surface area (Å²) in [5.74, 6) is -1.34. The van der Waals surface area contributed by atoms with Crippen LogP contribution in [0, 0.1) is 12.8 Å². The number of anilines is 4. The van der Waals surface area contributed by atoms with E-state index in [1.54, 1.807) is 88.8 Å². The molecule has 1 atom stereocenters. The third-order valence-electron chi connectivity index (χ3n) is 10.9. The van der Waals surface area contributed by atoms with Gasteiger partial charge in [-0.3, -0.25) is 23.2 Å². The number of esters is 1. The van der Waals surface area contributed by atoms with E-state index in [0.717, 1.165) is 22.9 Å². The molecule has 0 aliphatic carbocycles. The molecule has 4 heterocycles. The lowest BCUT2D eigenvalue weighted by atomic mass is 10.0. The van der Waals surface area contributed by atoms with Crippen LogP contribution in [-0.4, -0.2) is 90.4 Å². The van der Waals surface area contributed by atoms with Gasteiger partial charge in [-0.1, -0.05) is 44.2 Å². The topological polar surface area (TPSA) is 253 Å². The van der Waals surface area contributed by atoms with E-state index in [0.29, 0.717) is 39.9 Å². The number of amides is 6. The Hall–Kier alpha value is -9.67. The number of ether oxygens (including phenoxy) is 2. The third kappa shape index (κ3) is 13.6. The number of ketones is 1. The Kier molecular flexibility index (Phi) is 16.8. The van der Waals surface area contributed by atoms with Crippen LogP contribution in [0.2, 0.25) is 0 Å². The smallest absolute Gasteiger partial charge is 0.464 e. The molecule has 0 saturated heterocycles. The van der Waals surface area contributed by atoms with Crippen molar-refractivity contribution in [1.29, 1.82) is 0 Å². The highest BCUT2D eigenvalue weighted by atomic mass is 19.4. The zero-order valence-electron chi connectivity index (χ0n) is 40.9. The highest BCUT2D eigenvalue weighted by Gasteiger charge is 2.32. The Balaban J connectivity index is 0.000000219. The first-order valence-electron chi connectivity index (χ1n) is 23.1.